The van der Waals surface area contributed by atoms with Crippen LogP contribution in [0.3, 0.4) is 0 Å². The number of pyridine rings is 1. The molecule has 0 spiro atoms. The molecular weight excluding hydrogens is 354 g/mol. The van der Waals surface area contributed by atoms with E-state index in [1.807, 2.05) is 31.2 Å². The lowest BCUT2D eigenvalue weighted by atomic mass is 10.1. The Hall–Kier alpha value is -1.59. The minimum absolute atomic E-state index is 0.111. The van der Waals surface area contributed by atoms with Gasteiger partial charge < -0.3 is 10.6 Å². The number of hydrogen-bond donors (Lipinski definition) is 2. The van der Waals surface area contributed by atoms with E-state index >= 15 is 0 Å². The molecule has 0 fully saturated rings. The number of halogens is 2. The molecule has 1 aromatic heterocycles. The van der Waals surface area contributed by atoms with E-state index in [0.717, 1.165) is 10.0 Å². The number of carbonyl (C=O) groups is 1. The van der Waals surface area contributed by atoms with Gasteiger partial charge in [0.15, 0.2) is 0 Å². The summed E-state index contributed by atoms with van der Waals surface area (Å²) in [6, 6.07) is 10.9. The number of aromatic nitrogens is 1. The Morgan fingerprint density at radius 2 is 2.10 bits per heavy atom. The molecule has 0 bridgehead atoms. The first-order chi connectivity index (χ1) is 9.99. The van der Waals surface area contributed by atoms with Crippen LogP contribution in [-0.4, -0.2) is 17.9 Å². The van der Waals surface area contributed by atoms with Gasteiger partial charge in [-0.15, -0.1) is 0 Å². The highest BCUT2D eigenvalue weighted by Gasteiger charge is 2.13. The summed E-state index contributed by atoms with van der Waals surface area (Å²) in [4.78, 5) is 16.3. The van der Waals surface area contributed by atoms with Crippen LogP contribution in [-0.2, 0) is 0 Å². The van der Waals surface area contributed by atoms with E-state index in [1.54, 1.807) is 19.2 Å². The fourth-order valence-electron chi connectivity index (χ4n) is 1.90. The molecule has 1 heterocycles. The second-order valence-corrected chi connectivity index (χ2v) is 5.87. The number of benzene rings is 1. The third-order valence-electron chi connectivity index (χ3n) is 3.01. The number of anilines is 1. The molecule has 2 aromatic rings. The standard InChI is InChI=1S/C15H15BrClN3O/c1-9(10-4-3-5-12(16)6-10)19-15(21)11-7-13(17)20-14(8-11)18-2/h3-9H,1-2H3,(H,18,20)(H,19,21). The summed E-state index contributed by atoms with van der Waals surface area (Å²) in [5.74, 6) is 0.367. The molecule has 0 aliphatic heterocycles. The van der Waals surface area contributed by atoms with Gasteiger partial charge in [0.25, 0.3) is 5.91 Å². The summed E-state index contributed by atoms with van der Waals surface area (Å²) in [6.45, 7) is 1.93. The van der Waals surface area contributed by atoms with Crippen molar-refractivity contribution in [2.24, 2.45) is 0 Å². The second kappa shape index (κ2) is 6.91. The second-order valence-electron chi connectivity index (χ2n) is 4.56. The van der Waals surface area contributed by atoms with Crippen LogP contribution in [0.2, 0.25) is 5.15 Å². The molecule has 0 saturated carbocycles. The lowest BCUT2D eigenvalue weighted by Crippen LogP contribution is -2.26. The van der Waals surface area contributed by atoms with Crippen LogP contribution in [0.25, 0.3) is 0 Å². The van der Waals surface area contributed by atoms with Gasteiger partial charge in [-0.2, -0.15) is 0 Å². The van der Waals surface area contributed by atoms with Gasteiger partial charge in [-0.05, 0) is 36.8 Å². The topological polar surface area (TPSA) is 54.0 Å². The number of rotatable bonds is 4. The Balaban J connectivity index is 2.16. The number of amides is 1. The van der Waals surface area contributed by atoms with E-state index in [9.17, 15) is 4.79 Å². The third-order valence-corrected chi connectivity index (χ3v) is 3.70. The average molecular weight is 369 g/mol. The summed E-state index contributed by atoms with van der Waals surface area (Å²) >= 11 is 9.33. The van der Waals surface area contributed by atoms with Gasteiger partial charge in [-0.25, -0.2) is 4.98 Å². The molecule has 0 radical (unpaired) electrons. The van der Waals surface area contributed by atoms with Crippen molar-refractivity contribution < 1.29 is 4.79 Å². The monoisotopic (exact) mass is 367 g/mol. The summed E-state index contributed by atoms with van der Waals surface area (Å²) in [7, 11) is 1.73. The van der Waals surface area contributed by atoms with E-state index < -0.39 is 0 Å². The van der Waals surface area contributed by atoms with Crippen molar-refractivity contribution in [1.82, 2.24) is 10.3 Å². The molecule has 2 N–H and O–H groups in total. The number of nitrogens with one attached hydrogen (secondary N) is 2. The maximum atomic E-state index is 12.3. The van der Waals surface area contributed by atoms with Crippen LogP contribution in [0.15, 0.2) is 40.9 Å². The van der Waals surface area contributed by atoms with Gasteiger partial charge in [0.2, 0.25) is 0 Å². The Morgan fingerprint density at radius 1 is 1.33 bits per heavy atom. The maximum absolute atomic E-state index is 12.3. The summed E-state index contributed by atoms with van der Waals surface area (Å²) in [5.41, 5.74) is 1.49. The molecular formula is C15H15BrClN3O. The molecule has 6 heteroatoms. The van der Waals surface area contributed by atoms with E-state index in [0.29, 0.717) is 11.4 Å². The lowest BCUT2D eigenvalue weighted by molar-refractivity contribution is 0.0940. The van der Waals surface area contributed by atoms with E-state index in [1.165, 1.54) is 0 Å². The fraction of sp³-hybridized carbons (Fsp3) is 0.200. The largest absolute Gasteiger partial charge is 0.373 e. The van der Waals surface area contributed by atoms with Crippen LogP contribution in [0, 0.1) is 0 Å². The predicted octanol–water partition coefficient (Wildman–Crippen LogP) is 4.03. The highest BCUT2D eigenvalue weighted by Crippen LogP contribution is 2.19. The van der Waals surface area contributed by atoms with Gasteiger partial charge in [-0.3, -0.25) is 4.79 Å². The van der Waals surface area contributed by atoms with Crippen LogP contribution in [0.1, 0.15) is 28.9 Å². The quantitative estimate of drug-likeness (QED) is 0.801. The zero-order chi connectivity index (χ0) is 15.4. The first kappa shape index (κ1) is 15.8. The van der Waals surface area contributed by atoms with Gasteiger partial charge in [-0.1, -0.05) is 39.7 Å². The van der Waals surface area contributed by atoms with Crippen molar-refractivity contribution in [2.45, 2.75) is 13.0 Å². The number of nitrogens with zero attached hydrogens (tertiary/aromatic N) is 1. The van der Waals surface area contributed by atoms with Crippen molar-refractivity contribution in [2.75, 3.05) is 12.4 Å². The Labute approximate surface area is 137 Å². The van der Waals surface area contributed by atoms with Crippen molar-refractivity contribution in [3.63, 3.8) is 0 Å². The molecule has 1 unspecified atom stereocenters. The molecule has 2 rings (SSSR count). The van der Waals surface area contributed by atoms with Crippen molar-refractivity contribution in [3.8, 4) is 0 Å². The Morgan fingerprint density at radius 3 is 2.76 bits per heavy atom. The average Bonchev–Trinajstić information content (AvgIpc) is 2.46. The number of carbonyl (C=O) groups excluding carboxylic acids is 1. The number of hydrogen-bond acceptors (Lipinski definition) is 3. The Kier molecular flexibility index (Phi) is 5.20. The first-order valence-corrected chi connectivity index (χ1v) is 7.58. The molecule has 21 heavy (non-hydrogen) atoms. The zero-order valence-corrected chi connectivity index (χ0v) is 14.0. The van der Waals surface area contributed by atoms with Crippen molar-refractivity contribution in [1.29, 1.82) is 0 Å². The molecule has 1 amide bonds. The minimum Gasteiger partial charge on any atom is -0.373 e. The zero-order valence-electron chi connectivity index (χ0n) is 11.7. The summed E-state index contributed by atoms with van der Waals surface area (Å²) in [5, 5.41) is 6.10. The molecule has 0 aliphatic rings. The highest BCUT2D eigenvalue weighted by molar-refractivity contribution is 9.10. The minimum atomic E-state index is -0.191. The van der Waals surface area contributed by atoms with Crippen LogP contribution >= 0.6 is 27.5 Å². The van der Waals surface area contributed by atoms with Crippen molar-refractivity contribution in [3.05, 3.63) is 57.2 Å². The summed E-state index contributed by atoms with van der Waals surface area (Å²) < 4.78 is 0.977. The molecule has 4 nitrogen and oxygen atoms in total. The van der Waals surface area contributed by atoms with Crippen LogP contribution in [0.4, 0.5) is 5.82 Å². The smallest absolute Gasteiger partial charge is 0.251 e. The van der Waals surface area contributed by atoms with Crippen molar-refractivity contribution >= 4 is 39.3 Å². The SMILES string of the molecule is CNc1cc(C(=O)NC(C)c2cccc(Br)c2)cc(Cl)n1. The van der Waals surface area contributed by atoms with Gasteiger partial charge >= 0.3 is 0 Å². The maximum Gasteiger partial charge on any atom is 0.251 e. The van der Waals surface area contributed by atoms with Gasteiger partial charge in [0.05, 0.1) is 6.04 Å². The fourth-order valence-corrected chi connectivity index (χ4v) is 2.52. The molecule has 1 aromatic carbocycles. The van der Waals surface area contributed by atoms with Crippen LogP contribution < -0.4 is 10.6 Å². The van der Waals surface area contributed by atoms with E-state index in [4.69, 9.17) is 11.6 Å². The molecule has 110 valence electrons. The Bertz CT molecular complexity index is 663. The van der Waals surface area contributed by atoms with Crippen LogP contribution in [0.5, 0.6) is 0 Å². The molecule has 1 atom stereocenters. The summed E-state index contributed by atoms with van der Waals surface area (Å²) in [6.07, 6.45) is 0. The highest BCUT2D eigenvalue weighted by atomic mass is 79.9. The molecule has 0 saturated heterocycles. The normalized spacial score (nSPS) is 11.8. The lowest BCUT2D eigenvalue weighted by Gasteiger charge is -2.15. The van der Waals surface area contributed by atoms with Gasteiger partial charge in [0.1, 0.15) is 11.0 Å². The molecule has 0 aliphatic carbocycles. The first-order valence-electron chi connectivity index (χ1n) is 6.41. The van der Waals surface area contributed by atoms with E-state index in [-0.39, 0.29) is 17.1 Å². The van der Waals surface area contributed by atoms with E-state index in [2.05, 4.69) is 31.5 Å². The third kappa shape index (κ3) is 4.19. The predicted molar refractivity (Wildman–Crippen MR) is 88.8 cm³/mol. The van der Waals surface area contributed by atoms with Gasteiger partial charge in [0, 0.05) is 17.1 Å².